The molecule has 1 aromatic heterocycles. The molecule has 0 spiro atoms. The molecule has 2 atom stereocenters. The smallest absolute Gasteiger partial charge is 0.433 e. The predicted octanol–water partition coefficient (Wildman–Crippen LogP) is 2.75. The minimum Gasteiger partial charge on any atom is -0.511 e. The Bertz CT molecular complexity index is 909. The normalized spacial score (nSPS) is 20.1. The van der Waals surface area contributed by atoms with Gasteiger partial charge in [0.25, 0.3) is 0 Å². The summed E-state index contributed by atoms with van der Waals surface area (Å²) in [4.78, 5) is 38.3. The van der Waals surface area contributed by atoms with E-state index in [9.17, 15) is 32.7 Å². The van der Waals surface area contributed by atoms with Gasteiger partial charge in [0, 0.05) is 31.4 Å². The molecule has 0 radical (unpaired) electrons. The third kappa shape index (κ3) is 6.13. The van der Waals surface area contributed by atoms with Crippen LogP contribution in [0.25, 0.3) is 0 Å². The molecule has 1 amide bonds. The topological polar surface area (TPSA) is 129 Å². The van der Waals surface area contributed by atoms with Crippen molar-refractivity contribution < 1.29 is 42.1 Å². The molecule has 176 valence electrons. The molecule has 0 aliphatic heterocycles. The predicted molar refractivity (Wildman–Crippen MR) is 105 cm³/mol. The van der Waals surface area contributed by atoms with E-state index >= 15 is 0 Å². The zero-order valence-electron chi connectivity index (χ0n) is 17.7. The van der Waals surface area contributed by atoms with Gasteiger partial charge in [0.1, 0.15) is 17.0 Å². The monoisotopic (exact) mass is 458 g/mol. The maximum absolute atomic E-state index is 13.0. The fraction of sp³-hybridized carbons (Fsp3) is 0.524. The molecule has 0 aromatic carbocycles. The zero-order valence-corrected chi connectivity index (χ0v) is 17.7. The van der Waals surface area contributed by atoms with Crippen molar-refractivity contribution in [2.45, 2.75) is 39.0 Å². The Morgan fingerprint density at radius 3 is 2.44 bits per heavy atom. The van der Waals surface area contributed by atoms with E-state index in [4.69, 9.17) is 9.47 Å². The maximum atomic E-state index is 13.0. The highest BCUT2D eigenvalue weighted by Crippen LogP contribution is 2.43. The summed E-state index contributed by atoms with van der Waals surface area (Å²) in [7, 11) is 1.44. The number of fused-ring (bicyclic) bond motifs is 2. The van der Waals surface area contributed by atoms with Crippen LogP contribution in [0.4, 0.5) is 13.2 Å². The van der Waals surface area contributed by atoms with Crippen molar-refractivity contribution in [2.24, 2.45) is 17.6 Å². The molecule has 1 heterocycles. The molecule has 2 unspecified atom stereocenters. The number of aliphatic hydroxyl groups is 1. The zero-order chi connectivity index (χ0) is 24.1. The largest absolute Gasteiger partial charge is 0.511 e. The fourth-order valence-electron chi connectivity index (χ4n) is 3.65. The second-order valence-corrected chi connectivity index (χ2v) is 7.51. The minimum atomic E-state index is -4.69. The van der Waals surface area contributed by atoms with Crippen LogP contribution < -0.4 is 5.73 Å². The summed E-state index contributed by atoms with van der Waals surface area (Å²) in [6.45, 7) is 1.26. The quantitative estimate of drug-likeness (QED) is 0.365. The lowest BCUT2D eigenvalue weighted by molar-refractivity contribution is -0.141. The first-order valence-corrected chi connectivity index (χ1v) is 9.89. The van der Waals surface area contributed by atoms with E-state index in [2.05, 4.69) is 10.7 Å². The Morgan fingerprint density at radius 2 is 1.84 bits per heavy atom. The SMILES string of the molecule is CC(N)=O.COCCOCc1nc(C(F)(F)F)ccc1C(=O)C1=C(O)C2CCC(C2)C1=O. The average molecular weight is 458 g/mol. The van der Waals surface area contributed by atoms with Crippen LogP contribution in [0.2, 0.25) is 0 Å². The third-order valence-electron chi connectivity index (χ3n) is 5.10. The molecular formula is C21H25F3N2O6. The van der Waals surface area contributed by atoms with Gasteiger partial charge in [-0.25, -0.2) is 4.98 Å². The molecule has 32 heavy (non-hydrogen) atoms. The van der Waals surface area contributed by atoms with Gasteiger partial charge in [-0.05, 0) is 31.4 Å². The highest BCUT2D eigenvalue weighted by Gasteiger charge is 2.44. The van der Waals surface area contributed by atoms with Crippen LogP contribution in [0.5, 0.6) is 0 Å². The second kappa shape index (κ2) is 10.7. The van der Waals surface area contributed by atoms with E-state index in [0.29, 0.717) is 25.3 Å². The number of ketones is 2. The van der Waals surface area contributed by atoms with E-state index in [-0.39, 0.29) is 60.2 Å². The number of amides is 1. The van der Waals surface area contributed by atoms with E-state index in [1.165, 1.54) is 14.0 Å². The summed E-state index contributed by atoms with van der Waals surface area (Å²) < 4.78 is 49.1. The molecule has 1 aromatic rings. The van der Waals surface area contributed by atoms with Crippen LogP contribution in [0.15, 0.2) is 23.5 Å². The number of ether oxygens (including phenoxy) is 2. The van der Waals surface area contributed by atoms with Crippen molar-refractivity contribution in [3.63, 3.8) is 0 Å². The molecule has 11 heteroatoms. The summed E-state index contributed by atoms with van der Waals surface area (Å²) in [6.07, 6.45) is -3.00. The second-order valence-electron chi connectivity index (χ2n) is 7.51. The van der Waals surface area contributed by atoms with E-state index in [0.717, 1.165) is 6.07 Å². The number of carbonyl (C=O) groups excluding carboxylic acids is 3. The Balaban J connectivity index is 0.000000837. The molecule has 0 saturated heterocycles. The first-order chi connectivity index (χ1) is 15.0. The number of pyridine rings is 1. The lowest BCUT2D eigenvalue weighted by Gasteiger charge is -2.21. The molecule has 3 rings (SSSR count). The number of primary amides is 1. The molecule has 2 aliphatic carbocycles. The van der Waals surface area contributed by atoms with Gasteiger partial charge >= 0.3 is 6.18 Å². The highest BCUT2D eigenvalue weighted by molar-refractivity contribution is 6.28. The molecule has 8 nitrogen and oxygen atoms in total. The van der Waals surface area contributed by atoms with Gasteiger partial charge in [0.15, 0.2) is 5.78 Å². The first kappa shape index (κ1) is 25.5. The van der Waals surface area contributed by atoms with Gasteiger partial charge in [-0.1, -0.05) is 0 Å². The summed E-state index contributed by atoms with van der Waals surface area (Å²) in [5.74, 6) is -2.46. The minimum absolute atomic E-state index is 0.0963. The standard InChI is InChI=1S/C19H20F3NO5.C2H5NO/c1-27-6-7-28-9-13-12(4-5-14(23-13)19(20,21)22)18(26)15-16(24)10-2-3-11(8-10)17(15)25;1-2(3)4/h4-5,10-11,24H,2-3,6-9H2,1H3;1H3,(H2,3,4). The van der Waals surface area contributed by atoms with E-state index in [1.807, 2.05) is 0 Å². The Morgan fingerprint density at radius 1 is 1.22 bits per heavy atom. The van der Waals surface area contributed by atoms with Crippen molar-refractivity contribution in [2.75, 3.05) is 20.3 Å². The van der Waals surface area contributed by atoms with Crippen molar-refractivity contribution in [3.8, 4) is 0 Å². The van der Waals surface area contributed by atoms with Crippen LogP contribution in [-0.2, 0) is 31.8 Å². The Hall–Kier alpha value is -2.79. The number of hydrogen-bond acceptors (Lipinski definition) is 7. The number of halogens is 3. The van der Waals surface area contributed by atoms with E-state index < -0.39 is 23.4 Å². The lowest BCUT2D eigenvalue weighted by atomic mass is 9.83. The van der Waals surface area contributed by atoms with Crippen LogP contribution in [0.3, 0.4) is 0 Å². The molecule has 1 saturated carbocycles. The molecule has 3 N–H and O–H groups in total. The number of aliphatic hydroxyl groups excluding tert-OH is 1. The summed E-state index contributed by atoms with van der Waals surface area (Å²) in [6, 6.07) is 1.67. The maximum Gasteiger partial charge on any atom is 0.433 e. The van der Waals surface area contributed by atoms with Gasteiger partial charge in [0.2, 0.25) is 11.7 Å². The molecule has 2 bridgehead atoms. The van der Waals surface area contributed by atoms with Crippen LogP contribution in [0, 0.1) is 11.8 Å². The van der Waals surface area contributed by atoms with Crippen LogP contribution >= 0.6 is 0 Å². The van der Waals surface area contributed by atoms with Crippen molar-refractivity contribution in [1.29, 1.82) is 0 Å². The third-order valence-corrected chi connectivity index (χ3v) is 5.10. The number of Topliss-reactive ketones (excluding diaryl/α,β-unsaturated/α-hetero) is 2. The Kier molecular flexibility index (Phi) is 8.51. The first-order valence-electron chi connectivity index (χ1n) is 9.89. The number of alkyl halides is 3. The van der Waals surface area contributed by atoms with Gasteiger partial charge in [0.05, 0.1) is 25.5 Å². The van der Waals surface area contributed by atoms with Crippen molar-refractivity contribution in [1.82, 2.24) is 4.98 Å². The number of nitrogens with zero attached hydrogens (tertiary/aromatic N) is 1. The Labute approximate surface area is 182 Å². The van der Waals surface area contributed by atoms with Gasteiger partial charge in [-0.3, -0.25) is 14.4 Å². The number of allylic oxidation sites excluding steroid dienone is 2. The van der Waals surface area contributed by atoms with Gasteiger partial charge in [-0.2, -0.15) is 13.2 Å². The van der Waals surface area contributed by atoms with Crippen LogP contribution in [0.1, 0.15) is 47.9 Å². The van der Waals surface area contributed by atoms with E-state index in [1.54, 1.807) is 0 Å². The number of aromatic nitrogens is 1. The molecule has 1 fully saturated rings. The van der Waals surface area contributed by atoms with Crippen molar-refractivity contribution >= 4 is 17.5 Å². The van der Waals surface area contributed by atoms with Gasteiger partial charge < -0.3 is 20.3 Å². The number of nitrogens with two attached hydrogens (primary N) is 1. The number of hydrogen-bond donors (Lipinski definition) is 2. The number of methoxy groups -OCH3 is 1. The summed E-state index contributed by atoms with van der Waals surface area (Å²) >= 11 is 0. The van der Waals surface area contributed by atoms with Crippen molar-refractivity contribution in [3.05, 3.63) is 40.4 Å². The number of carbonyl (C=O) groups is 3. The molecule has 2 aliphatic rings. The number of rotatable bonds is 7. The summed E-state index contributed by atoms with van der Waals surface area (Å²) in [5.41, 5.74) is 2.56. The lowest BCUT2D eigenvalue weighted by Crippen LogP contribution is -2.28. The molecular weight excluding hydrogens is 433 g/mol. The van der Waals surface area contributed by atoms with Crippen LogP contribution in [-0.4, -0.2) is 47.9 Å². The summed E-state index contributed by atoms with van der Waals surface area (Å²) in [5, 5.41) is 10.4. The fourth-order valence-corrected chi connectivity index (χ4v) is 3.65. The highest BCUT2D eigenvalue weighted by atomic mass is 19.4. The average Bonchev–Trinajstić information content (AvgIpc) is 3.16. The van der Waals surface area contributed by atoms with Gasteiger partial charge in [-0.15, -0.1) is 0 Å².